The monoisotopic (exact) mass is 521 g/mol. The molecule has 2 amide bonds. The fourth-order valence-electron chi connectivity index (χ4n) is 3.34. The summed E-state index contributed by atoms with van der Waals surface area (Å²) in [5.74, 6) is -1.85. The Morgan fingerprint density at radius 1 is 1.50 bits per heavy atom. The van der Waals surface area contributed by atoms with Crippen molar-refractivity contribution < 1.29 is 24.3 Å². The number of amides is 2. The zero-order valence-electron chi connectivity index (χ0n) is 17.7. The van der Waals surface area contributed by atoms with Crippen molar-refractivity contribution in [2.45, 2.75) is 16.2 Å². The van der Waals surface area contributed by atoms with Gasteiger partial charge in [-0.15, -0.1) is 23.5 Å². The summed E-state index contributed by atoms with van der Waals surface area (Å²) in [6.45, 7) is 0.0104. The lowest BCUT2D eigenvalue weighted by atomic mass is 10.0. The molecule has 0 bridgehead atoms. The molecular weight excluding hydrogens is 502 g/mol. The Hall–Kier alpha value is -3.17. The molecule has 12 nitrogen and oxygen atoms in total. The van der Waals surface area contributed by atoms with Crippen molar-refractivity contribution in [2.24, 2.45) is 5.16 Å². The van der Waals surface area contributed by atoms with E-state index in [0.29, 0.717) is 0 Å². The number of carboxylic acids is 1. The van der Waals surface area contributed by atoms with Crippen molar-refractivity contribution in [3.8, 4) is 0 Å². The number of carbonyl (C=O) groups excluding carboxylic acids is 2. The average Bonchev–Trinajstić information content (AvgIpc) is 3.27. The number of nitrogens with one attached hydrogen (secondary N) is 1. The number of anilines is 1. The van der Waals surface area contributed by atoms with Gasteiger partial charge in [-0.2, -0.15) is 9.36 Å². The Bertz CT molecular complexity index is 1160. The molecule has 3 atom stereocenters. The second kappa shape index (κ2) is 9.99. The van der Waals surface area contributed by atoms with Gasteiger partial charge in [-0.25, -0.2) is 0 Å². The van der Waals surface area contributed by atoms with Gasteiger partial charge in [0.15, 0.2) is 5.13 Å². The lowest BCUT2D eigenvalue weighted by Gasteiger charge is -2.53. The largest absolute Gasteiger partial charge is 0.480 e. The molecule has 4 heterocycles. The van der Waals surface area contributed by atoms with Crippen LogP contribution in [0.2, 0.25) is 0 Å². The van der Waals surface area contributed by atoms with Gasteiger partial charge in [0.05, 0.1) is 0 Å². The summed E-state index contributed by atoms with van der Waals surface area (Å²) in [5.41, 5.74) is 6.20. The number of hydrogen-bond donors (Lipinski definition) is 3. The number of rotatable bonds is 8. The number of nitrogens with zero attached hydrogens (tertiary/aromatic N) is 5. The van der Waals surface area contributed by atoms with E-state index in [0.717, 1.165) is 28.9 Å². The normalized spacial score (nSPS) is 24.4. The van der Waals surface area contributed by atoms with Gasteiger partial charge in [0.1, 0.15) is 23.3 Å². The molecule has 0 spiro atoms. The number of pyridine rings is 1. The molecule has 2 aromatic rings. The summed E-state index contributed by atoms with van der Waals surface area (Å²) in [4.78, 5) is 51.8. The minimum Gasteiger partial charge on any atom is -0.480 e. The standard InChI is InChI=1S/C19H19N7O5S3/c1-31-24-11(13-23-18(20)34-25-13)14(27)22-12-15(28)26-8-19(17(29)30,9-32-16(12)26)33-6-4-10-3-2-5-21-7-10/h2-7,12,16H,8-9H2,1H3,(H,22,27)(H,29,30)(H2,20,23,25)/t12?,16-,19?/m1/s1. The highest BCUT2D eigenvalue weighted by molar-refractivity contribution is 8.06. The van der Waals surface area contributed by atoms with Crippen LogP contribution in [0, 0.1) is 0 Å². The molecule has 4 N–H and O–H groups in total. The van der Waals surface area contributed by atoms with Crippen LogP contribution in [0.15, 0.2) is 35.1 Å². The van der Waals surface area contributed by atoms with Crippen LogP contribution < -0.4 is 11.1 Å². The SMILES string of the molecule is CON=C(C(=O)NC1C(=O)N2CC(SC=Cc3cccnc3)(C(=O)O)CS[C@H]12)c1nsc(N)n1. The van der Waals surface area contributed by atoms with Crippen LogP contribution in [0.25, 0.3) is 6.08 Å². The van der Waals surface area contributed by atoms with E-state index < -0.39 is 28.0 Å². The highest BCUT2D eigenvalue weighted by atomic mass is 32.2. The van der Waals surface area contributed by atoms with E-state index in [9.17, 15) is 19.5 Å². The second-order valence-electron chi connectivity index (χ2n) is 7.20. The van der Waals surface area contributed by atoms with Crippen LogP contribution >= 0.6 is 35.1 Å². The zero-order chi connectivity index (χ0) is 24.3. The van der Waals surface area contributed by atoms with Gasteiger partial charge >= 0.3 is 5.97 Å². The number of oxime groups is 1. The highest BCUT2D eigenvalue weighted by Gasteiger charge is 2.57. The first-order valence-corrected chi connectivity index (χ1v) is 12.5. The fraction of sp³-hybridized carbons (Fsp3) is 0.316. The number of carbonyl (C=O) groups is 3. The Labute approximate surface area is 206 Å². The van der Waals surface area contributed by atoms with Gasteiger partial charge in [0.2, 0.25) is 17.4 Å². The minimum atomic E-state index is -1.21. The number of β-lactam (4-membered cyclic amide) rings is 1. The molecule has 0 saturated carbocycles. The molecule has 0 radical (unpaired) electrons. The highest BCUT2D eigenvalue weighted by Crippen LogP contribution is 2.44. The van der Waals surface area contributed by atoms with E-state index in [-0.39, 0.29) is 34.9 Å². The van der Waals surface area contributed by atoms with Crippen LogP contribution in [0.1, 0.15) is 11.4 Å². The van der Waals surface area contributed by atoms with Gasteiger partial charge in [-0.3, -0.25) is 19.4 Å². The average molecular weight is 522 g/mol. The molecule has 2 saturated heterocycles. The van der Waals surface area contributed by atoms with Crippen LogP contribution in [0.4, 0.5) is 5.13 Å². The Balaban J connectivity index is 1.42. The molecular formula is C19H19N7O5S3. The molecule has 4 rings (SSSR count). The first-order chi connectivity index (χ1) is 16.3. The van der Waals surface area contributed by atoms with Crippen LogP contribution in [-0.4, -0.2) is 83.4 Å². The predicted molar refractivity (Wildman–Crippen MR) is 129 cm³/mol. The molecule has 15 heteroatoms. The van der Waals surface area contributed by atoms with Crippen molar-refractivity contribution in [3.05, 3.63) is 41.3 Å². The number of nitrogens with two attached hydrogens (primary N) is 1. The lowest BCUT2D eigenvalue weighted by Crippen LogP contribution is -2.74. The number of thioether (sulfide) groups is 2. The van der Waals surface area contributed by atoms with Crippen molar-refractivity contribution in [2.75, 3.05) is 25.1 Å². The maximum atomic E-state index is 12.8. The van der Waals surface area contributed by atoms with E-state index in [1.165, 1.54) is 23.8 Å². The molecule has 178 valence electrons. The summed E-state index contributed by atoms with van der Waals surface area (Å²) < 4.78 is 2.74. The molecule has 0 aromatic carbocycles. The summed E-state index contributed by atoms with van der Waals surface area (Å²) in [5, 5.41) is 17.7. The van der Waals surface area contributed by atoms with E-state index in [2.05, 4.69) is 24.8 Å². The number of nitrogen functional groups attached to an aromatic ring is 1. The molecule has 2 aliphatic heterocycles. The van der Waals surface area contributed by atoms with Crippen molar-refractivity contribution in [3.63, 3.8) is 0 Å². The van der Waals surface area contributed by atoms with E-state index >= 15 is 0 Å². The number of hydrogen-bond acceptors (Lipinski definition) is 12. The Kier molecular flexibility index (Phi) is 7.04. The topological polar surface area (TPSA) is 173 Å². The van der Waals surface area contributed by atoms with Crippen molar-refractivity contribution in [1.29, 1.82) is 0 Å². The van der Waals surface area contributed by atoms with Crippen molar-refractivity contribution in [1.82, 2.24) is 24.6 Å². The third kappa shape index (κ3) is 4.71. The van der Waals surface area contributed by atoms with Crippen LogP contribution in [0.5, 0.6) is 0 Å². The molecule has 2 aliphatic rings. The summed E-state index contributed by atoms with van der Waals surface area (Å²) in [6.07, 6.45) is 5.09. The first-order valence-electron chi connectivity index (χ1n) is 9.76. The number of carboxylic acid groups (broad SMARTS) is 1. The summed E-state index contributed by atoms with van der Waals surface area (Å²) in [6, 6.07) is 2.80. The van der Waals surface area contributed by atoms with E-state index in [1.807, 2.05) is 6.07 Å². The molecule has 2 aromatic heterocycles. The Morgan fingerprint density at radius 2 is 2.32 bits per heavy atom. The molecule has 34 heavy (non-hydrogen) atoms. The minimum absolute atomic E-state index is 0.0104. The van der Waals surface area contributed by atoms with E-state index in [1.54, 1.807) is 29.9 Å². The summed E-state index contributed by atoms with van der Waals surface area (Å²) >= 11 is 3.33. The predicted octanol–water partition coefficient (Wildman–Crippen LogP) is 0.493. The zero-order valence-corrected chi connectivity index (χ0v) is 20.1. The molecule has 2 fully saturated rings. The fourth-order valence-corrected chi connectivity index (χ4v) is 6.44. The van der Waals surface area contributed by atoms with E-state index in [4.69, 9.17) is 10.6 Å². The maximum absolute atomic E-state index is 12.8. The van der Waals surface area contributed by atoms with Crippen molar-refractivity contribution >= 4 is 69.8 Å². The quantitative estimate of drug-likeness (QED) is 0.251. The molecule has 2 unspecified atom stereocenters. The number of aromatic nitrogens is 3. The van der Waals surface area contributed by atoms with Gasteiger partial charge in [0.25, 0.3) is 5.91 Å². The van der Waals surface area contributed by atoms with Crippen LogP contribution in [0.3, 0.4) is 0 Å². The maximum Gasteiger partial charge on any atom is 0.322 e. The van der Waals surface area contributed by atoms with Gasteiger partial charge < -0.3 is 25.9 Å². The van der Waals surface area contributed by atoms with Crippen LogP contribution in [-0.2, 0) is 19.2 Å². The van der Waals surface area contributed by atoms with Gasteiger partial charge in [-0.1, -0.05) is 11.2 Å². The Morgan fingerprint density at radius 3 is 2.97 bits per heavy atom. The number of aliphatic carboxylic acids is 1. The second-order valence-corrected chi connectivity index (χ2v) is 10.4. The first kappa shape index (κ1) is 24.0. The van der Waals surface area contributed by atoms with Gasteiger partial charge in [0, 0.05) is 36.2 Å². The molecule has 0 aliphatic carbocycles. The smallest absolute Gasteiger partial charge is 0.322 e. The number of fused-ring (bicyclic) bond motifs is 1. The summed E-state index contributed by atoms with van der Waals surface area (Å²) in [7, 11) is 1.27. The van der Waals surface area contributed by atoms with Gasteiger partial charge in [-0.05, 0) is 23.1 Å². The third-order valence-corrected chi connectivity index (χ3v) is 8.44. The lowest BCUT2D eigenvalue weighted by molar-refractivity contribution is -0.151. The third-order valence-electron chi connectivity index (χ3n) is 5.02.